The molecule has 1 saturated heterocycles. The quantitative estimate of drug-likeness (QED) is 0.841. The molecular formula is C19H17NO4S. The monoisotopic (exact) mass is 355 g/mol. The number of aryl methyl sites for hydroxylation is 1. The highest BCUT2D eigenvalue weighted by Gasteiger charge is 2.35. The molecule has 1 aliphatic rings. The Bertz CT molecular complexity index is 875. The number of carbonyl (C=O) groups excluding carboxylic acids is 2. The number of phenolic OH excluding ortho intramolecular Hbond substituents is 1. The summed E-state index contributed by atoms with van der Waals surface area (Å²) in [6, 6.07) is 12.5. The Morgan fingerprint density at radius 2 is 2.00 bits per heavy atom. The molecule has 1 aliphatic heterocycles. The zero-order valence-corrected chi connectivity index (χ0v) is 14.7. The van der Waals surface area contributed by atoms with Crippen LogP contribution in [-0.4, -0.2) is 28.3 Å². The van der Waals surface area contributed by atoms with Gasteiger partial charge in [0.25, 0.3) is 11.1 Å². The van der Waals surface area contributed by atoms with Crippen molar-refractivity contribution in [2.24, 2.45) is 0 Å². The van der Waals surface area contributed by atoms with Crippen molar-refractivity contribution < 1.29 is 19.4 Å². The van der Waals surface area contributed by atoms with E-state index in [1.807, 2.05) is 31.2 Å². The number of methoxy groups -OCH3 is 1. The van der Waals surface area contributed by atoms with Gasteiger partial charge < -0.3 is 9.84 Å². The van der Waals surface area contributed by atoms with E-state index in [-0.39, 0.29) is 23.4 Å². The zero-order valence-electron chi connectivity index (χ0n) is 13.9. The summed E-state index contributed by atoms with van der Waals surface area (Å²) in [6.07, 6.45) is 1.60. The third kappa shape index (κ3) is 3.69. The molecule has 3 rings (SSSR count). The fourth-order valence-electron chi connectivity index (χ4n) is 2.58. The number of phenols is 1. The van der Waals surface area contributed by atoms with E-state index in [0.717, 1.165) is 22.9 Å². The van der Waals surface area contributed by atoms with Crippen LogP contribution in [0.4, 0.5) is 4.79 Å². The van der Waals surface area contributed by atoms with E-state index in [1.54, 1.807) is 18.2 Å². The maximum absolute atomic E-state index is 12.5. The van der Waals surface area contributed by atoms with E-state index in [4.69, 9.17) is 4.74 Å². The number of ether oxygens (including phenoxy) is 1. The molecule has 0 aliphatic carbocycles. The maximum Gasteiger partial charge on any atom is 0.293 e. The molecule has 0 saturated carbocycles. The van der Waals surface area contributed by atoms with Crippen molar-refractivity contribution in [1.82, 2.24) is 4.90 Å². The minimum atomic E-state index is -0.327. The number of hydrogen-bond donors (Lipinski definition) is 1. The molecule has 2 aromatic carbocycles. The van der Waals surface area contributed by atoms with Gasteiger partial charge >= 0.3 is 0 Å². The topological polar surface area (TPSA) is 66.8 Å². The number of rotatable bonds is 4. The summed E-state index contributed by atoms with van der Waals surface area (Å²) in [5.74, 6) is 0.00625. The molecule has 1 N–H and O–H groups in total. The average molecular weight is 355 g/mol. The van der Waals surface area contributed by atoms with Gasteiger partial charge in [-0.05, 0) is 48.0 Å². The van der Waals surface area contributed by atoms with E-state index in [1.165, 1.54) is 18.1 Å². The molecule has 2 amide bonds. The maximum atomic E-state index is 12.5. The van der Waals surface area contributed by atoms with Crippen LogP contribution < -0.4 is 4.74 Å². The molecule has 1 heterocycles. The molecule has 6 heteroatoms. The SMILES string of the molecule is COc1ccc(/C=C2/SC(=O)N(Cc3cccc(C)c3)C2=O)cc1O. The van der Waals surface area contributed by atoms with Gasteiger partial charge in [-0.3, -0.25) is 14.5 Å². The highest BCUT2D eigenvalue weighted by atomic mass is 32.2. The minimum absolute atomic E-state index is 0.0183. The summed E-state index contributed by atoms with van der Waals surface area (Å²) in [5.41, 5.74) is 2.61. The highest BCUT2D eigenvalue weighted by Crippen LogP contribution is 2.34. The van der Waals surface area contributed by atoms with Gasteiger partial charge in [-0.2, -0.15) is 0 Å². The van der Waals surface area contributed by atoms with Crippen LogP contribution in [0, 0.1) is 6.92 Å². The van der Waals surface area contributed by atoms with Crippen LogP contribution in [0.15, 0.2) is 47.4 Å². The van der Waals surface area contributed by atoms with Crippen molar-refractivity contribution in [3.8, 4) is 11.5 Å². The van der Waals surface area contributed by atoms with Crippen LogP contribution in [0.25, 0.3) is 6.08 Å². The normalized spacial score (nSPS) is 15.9. The van der Waals surface area contributed by atoms with Crippen molar-refractivity contribution in [2.75, 3.05) is 7.11 Å². The molecule has 0 atom stereocenters. The summed E-state index contributed by atoms with van der Waals surface area (Å²) in [6.45, 7) is 2.21. The minimum Gasteiger partial charge on any atom is -0.504 e. The van der Waals surface area contributed by atoms with Crippen molar-refractivity contribution in [3.63, 3.8) is 0 Å². The Balaban J connectivity index is 1.82. The summed E-state index contributed by atoms with van der Waals surface area (Å²) in [7, 11) is 1.46. The summed E-state index contributed by atoms with van der Waals surface area (Å²) < 4.78 is 5.00. The second-order valence-electron chi connectivity index (χ2n) is 5.69. The predicted octanol–water partition coefficient (Wildman–Crippen LogP) is 3.95. The number of amides is 2. The molecule has 0 spiro atoms. The largest absolute Gasteiger partial charge is 0.504 e. The van der Waals surface area contributed by atoms with Gasteiger partial charge in [0, 0.05) is 0 Å². The van der Waals surface area contributed by atoms with Gasteiger partial charge in [0.2, 0.25) is 0 Å². The first-order valence-electron chi connectivity index (χ1n) is 7.66. The van der Waals surface area contributed by atoms with E-state index in [0.29, 0.717) is 16.2 Å². The number of imide groups is 1. The third-order valence-electron chi connectivity index (χ3n) is 3.80. The van der Waals surface area contributed by atoms with Crippen LogP contribution in [0.1, 0.15) is 16.7 Å². The molecule has 2 aromatic rings. The van der Waals surface area contributed by atoms with Gasteiger partial charge in [-0.1, -0.05) is 35.9 Å². The first-order valence-corrected chi connectivity index (χ1v) is 8.47. The molecule has 0 radical (unpaired) electrons. The molecule has 128 valence electrons. The van der Waals surface area contributed by atoms with Gasteiger partial charge in [0.05, 0.1) is 18.6 Å². The van der Waals surface area contributed by atoms with Gasteiger partial charge in [0.1, 0.15) is 0 Å². The Kier molecular flexibility index (Phi) is 4.81. The van der Waals surface area contributed by atoms with Crippen molar-refractivity contribution in [3.05, 3.63) is 64.1 Å². The van der Waals surface area contributed by atoms with Crippen LogP contribution in [0.2, 0.25) is 0 Å². The smallest absolute Gasteiger partial charge is 0.293 e. The zero-order chi connectivity index (χ0) is 18.0. The lowest BCUT2D eigenvalue weighted by Crippen LogP contribution is -2.27. The molecule has 0 bridgehead atoms. The lowest BCUT2D eigenvalue weighted by atomic mass is 10.1. The van der Waals surface area contributed by atoms with Crippen LogP contribution in [0.3, 0.4) is 0 Å². The second-order valence-corrected chi connectivity index (χ2v) is 6.68. The predicted molar refractivity (Wildman–Crippen MR) is 97.4 cm³/mol. The Morgan fingerprint density at radius 1 is 1.20 bits per heavy atom. The van der Waals surface area contributed by atoms with E-state index < -0.39 is 0 Å². The molecule has 0 unspecified atom stereocenters. The van der Waals surface area contributed by atoms with Gasteiger partial charge in [-0.25, -0.2) is 0 Å². The Labute approximate surface area is 149 Å². The average Bonchev–Trinajstić information content (AvgIpc) is 2.83. The van der Waals surface area contributed by atoms with E-state index >= 15 is 0 Å². The van der Waals surface area contributed by atoms with E-state index in [2.05, 4.69) is 0 Å². The van der Waals surface area contributed by atoms with Crippen molar-refractivity contribution >= 4 is 29.0 Å². The Hall–Kier alpha value is -2.73. The van der Waals surface area contributed by atoms with Crippen LogP contribution in [0.5, 0.6) is 11.5 Å². The summed E-state index contributed by atoms with van der Waals surface area (Å²) in [4.78, 5) is 26.3. The number of carbonyl (C=O) groups is 2. The van der Waals surface area contributed by atoms with Crippen molar-refractivity contribution in [1.29, 1.82) is 0 Å². The lowest BCUT2D eigenvalue weighted by molar-refractivity contribution is -0.123. The van der Waals surface area contributed by atoms with Crippen LogP contribution >= 0.6 is 11.8 Å². The fraction of sp³-hybridized carbons (Fsp3) is 0.158. The molecule has 1 fully saturated rings. The molecular weight excluding hydrogens is 338 g/mol. The first kappa shape index (κ1) is 17.1. The van der Waals surface area contributed by atoms with Crippen LogP contribution in [-0.2, 0) is 11.3 Å². The number of thioether (sulfide) groups is 1. The summed E-state index contributed by atoms with van der Waals surface area (Å²) >= 11 is 0.902. The highest BCUT2D eigenvalue weighted by molar-refractivity contribution is 8.18. The number of benzene rings is 2. The third-order valence-corrected chi connectivity index (χ3v) is 4.70. The van der Waals surface area contributed by atoms with Gasteiger partial charge in [-0.15, -0.1) is 0 Å². The number of hydrogen-bond acceptors (Lipinski definition) is 5. The van der Waals surface area contributed by atoms with Gasteiger partial charge in [0.15, 0.2) is 11.5 Å². The second kappa shape index (κ2) is 7.03. The molecule has 25 heavy (non-hydrogen) atoms. The number of aromatic hydroxyl groups is 1. The first-order chi connectivity index (χ1) is 12.0. The Morgan fingerprint density at radius 3 is 2.68 bits per heavy atom. The van der Waals surface area contributed by atoms with Crippen molar-refractivity contribution in [2.45, 2.75) is 13.5 Å². The van der Waals surface area contributed by atoms with E-state index in [9.17, 15) is 14.7 Å². The standard InChI is InChI=1S/C19H17NO4S/c1-12-4-3-5-14(8-12)11-20-18(22)17(25-19(20)23)10-13-6-7-16(24-2)15(21)9-13/h3-10,21H,11H2,1-2H3/b17-10+. The lowest BCUT2D eigenvalue weighted by Gasteiger charge is -2.12. The molecule has 0 aromatic heterocycles. The fourth-order valence-corrected chi connectivity index (χ4v) is 3.42. The molecule has 5 nitrogen and oxygen atoms in total. The number of nitrogens with zero attached hydrogens (tertiary/aromatic N) is 1. The summed E-state index contributed by atoms with van der Waals surface area (Å²) in [5, 5.41) is 9.54.